The number of nitrogens with zero attached hydrogens (tertiary/aromatic N) is 3. The van der Waals surface area contributed by atoms with E-state index in [1.165, 1.54) is 9.95 Å². The average molecular weight is 353 g/mol. The first-order valence-electron chi connectivity index (χ1n) is 7.79. The zero-order valence-corrected chi connectivity index (χ0v) is 14.3. The molecule has 7 heteroatoms. The van der Waals surface area contributed by atoms with Gasteiger partial charge in [-0.1, -0.05) is 25.1 Å². The lowest BCUT2D eigenvalue weighted by Crippen LogP contribution is -2.26. The Kier molecular flexibility index (Phi) is 4.63. The van der Waals surface area contributed by atoms with Crippen molar-refractivity contribution in [1.29, 1.82) is 5.26 Å². The quantitative estimate of drug-likeness (QED) is 0.760. The summed E-state index contributed by atoms with van der Waals surface area (Å²) in [6, 6.07) is 9.17. The summed E-state index contributed by atoms with van der Waals surface area (Å²) in [5.41, 5.74) is 0.793. The maximum absolute atomic E-state index is 13.0. The van der Waals surface area contributed by atoms with Crippen LogP contribution in [0.15, 0.2) is 34.4 Å². The van der Waals surface area contributed by atoms with Crippen LogP contribution in [0.2, 0.25) is 0 Å². The molecule has 1 N–H and O–H groups in total. The summed E-state index contributed by atoms with van der Waals surface area (Å²) in [6.07, 6.45) is 1.40. The van der Waals surface area contributed by atoms with Crippen LogP contribution in [-0.2, 0) is 13.0 Å². The largest absolute Gasteiger partial charge is 0.478 e. The fraction of sp³-hybridized carbons (Fsp3) is 0.222. The van der Waals surface area contributed by atoms with Gasteiger partial charge in [0.25, 0.3) is 5.56 Å². The fourth-order valence-corrected chi connectivity index (χ4v) is 3.66. The zero-order valence-electron chi connectivity index (χ0n) is 13.5. The van der Waals surface area contributed by atoms with Gasteiger partial charge in [0.05, 0.1) is 29.1 Å². The Morgan fingerprint density at radius 3 is 2.84 bits per heavy atom. The summed E-state index contributed by atoms with van der Waals surface area (Å²) in [7, 11) is 0. The van der Waals surface area contributed by atoms with Gasteiger partial charge >= 0.3 is 5.97 Å². The molecule has 0 aliphatic rings. The number of rotatable bonds is 5. The number of fused-ring (bicyclic) bond motifs is 1. The molecule has 0 unspecified atom stereocenters. The van der Waals surface area contributed by atoms with E-state index < -0.39 is 5.97 Å². The number of carboxylic acid groups (broad SMARTS) is 1. The molecule has 0 bridgehead atoms. The lowest BCUT2D eigenvalue weighted by Gasteiger charge is -2.13. The summed E-state index contributed by atoms with van der Waals surface area (Å²) < 4.78 is 1.49. The maximum Gasteiger partial charge on any atom is 0.337 e. The minimum Gasteiger partial charge on any atom is -0.478 e. The number of nitriles is 1. The van der Waals surface area contributed by atoms with E-state index in [-0.39, 0.29) is 23.1 Å². The number of thiophene rings is 1. The minimum absolute atomic E-state index is 0.0251. The molecule has 2 aromatic heterocycles. The first-order chi connectivity index (χ1) is 12.1. The standard InChI is InChI=1S/C18H15N3O3S/c1-2-5-14-20-16-15(13(10-25-16)18(23)24)17(22)21(14)9-12-7-4-3-6-11(12)8-19/h3-4,6-7,10H,2,5,9H2,1H3,(H,23,24). The molecular formula is C18H15N3O3S. The third kappa shape index (κ3) is 3.04. The van der Waals surface area contributed by atoms with Crippen molar-refractivity contribution in [2.75, 3.05) is 0 Å². The van der Waals surface area contributed by atoms with Gasteiger partial charge in [0.1, 0.15) is 10.7 Å². The van der Waals surface area contributed by atoms with E-state index in [0.29, 0.717) is 28.2 Å². The van der Waals surface area contributed by atoms with E-state index in [2.05, 4.69) is 11.1 Å². The third-order valence-electron chi connectivity index (χ3n) is 3.94. The van der Waals surface area contributed by atoms with Crippen molar-refractivity contribution in [3.63, 3.8) is 0 Å². The fourth-order valence-electron chi connectivity index (χ4n) is 2.74. The van der Waals surface area contributed by atoms with Gasteiger partial charge in [0.2, 0.25) is 0 Å². The monoisotopic (exact) mass is 353 g/mol. The Hall–Kier alpha value is -2.98. The van der Waals surface area contributed by atoms with Gasteiger partial charge < -0.3 is 5.11 Å². The molecule has 0 fully saturated rings. The number of aromatic nitrogens is 2. The van der Waals surface area contributed by atoms with Crippen LogP contribution in [0.3, 0.4) is 0 Å². The van der Waals surface area contributed by atoms with Crippen LogP contribution in [0, 0.1) is 11.3 Å². The molecule has 0 spiro atoms. The molecule has 3 aromatic rings. The lowest BCUT2D eigenvalue weighted by molar-refractivity contribution is 0.0699. The summed E-state index contributed by atoms with van der Waals surface area (Å²) in [5.74, 6) is -0.538. The van der Waals surface area contributed by atoms with Gasteiger partial charge in [-0.2, -0.15) is 5.26 Å². The molecule has 2 heterocycles. The highest BCUT2D eigenvalue weighted by Gasteiger charge is 2.19. The number of benzene rings is 1. The van der Waals surface area contributed by atoms with E-state index in [4.69, 9.17) is 0 Å². The molecule has 126 valence electrons. The van der Waals surface area contributed by atoms with Crippen molar-refractivity contribution in [1.82, 2.24) is 9.55 Å². The molecule has 1 aromatic carbocycles. The molecule has 0 amide bonds. The number of carboxylic acids is 1. The minimum atomic E-state index is -1.14. The van der Waals surface area contributed by atoms with Crippen molar-refractivity contribution in [2.45, 2.75) is 26.3 Å². The smallest absolute Gasteiger partial charge is 0.337 e. The Bertz CT molecular complexity index is 1060. The first-order valence-corrected chi connectivity index (χ1v) is 8.67. The van der Waals surface area contributed by atoms with E-state index in [1.807, 2.05) is 6.92 Å². The Morgan fingerprint density at radius 1 is 1.40 bits per heavy atom. The van der Waals surface area contributed by atoms with Gasteiger partial charge in [-0.15, -0.1) is 11.3 Å². The molecule has 0 atom stereocenters. The van der Waals surface area contributed by atoms with Crippen LogP contribution in [0.5, 0.6) is 0 Å². The second-order valence-corrected chi connectivity index (χ2v) is 6.43. The molecule has 0 saturated carbocycles. The van der Waals surface area contributed by atoms with Crippen LogP contribution in [0.1, 0.15) is 40.7 Å². The van der Waals surface area contributed by atoms with Gasteiger partial charge in [-0.25, -0.2) is 9.78 Å². The second-order valence-electron chi connectivity index (χ2n) is 5.57. The summed E-state index contributed by atoms with van der Waals surface area (Å²) >= 11 is 1.16. The number of hydrogen-bond acceptors (Lipinski definition) is 5. The summed E-state index contributed by atoms with van der Waals surface area (Å²) in [4.78, 5) is 29.4. The molecule has 6 nitrogen and oxygen atoms in total. The van der Waals surface area contributed by atoms with E-state index in [0.717, 1.165) is 17.8 Å². The first kappa shape index (κ1) is 16.9. The second kappa shape index (κ2) is 6.87. The van der Waals surface area contributed by atoms with Crippen molar-refractivity contribution < 1.29 is 9.90 Å². The van der Waals surface area contributed by atoms with Crippen LogP contribution < -0.4 is 5.56 Å². The van der Waals surface area contributed by atoms with Crippen molar-refractivity contribution >= 4 is 27.5 Å². The maximum atomic E-state index is 13.0. The van der Waals surface area contributed by atoms with Crippen molar-refractivity contribution in [3.8, 4) is 6.07 Å². The molecule has 0 saturated heterocycles. The third-order valence-corrected chi connectivity index (χ3v) is 4.82. The molecule has 0 radical (unpaired) electrons. The lowest BCUT2D eigenvalue weighted by atomic mass is 10.1. The Labute approximate surface area is 147 Å². The van der Waals surface area contributed by atoms with Gasteiger partial charge in [0, 0.05) is 11.8 Å². The highest BCUT2D eigenvalue weighted by molar-refractivity contribution is 7.17. The number of carbonyl (C=O) groups is 1. The SMILES string of the molecule is CCCc1nc2scc(C(=O)O)c2c(=O)n1Cc1ccccc1C#N. The zero-order chi connectivity index (χ0) is 18.0. The Morgan fingerprint density at radius 2 is 2.16 bits per heavy atom. The van der Waals surface area contributed by atoms with Crippen LogP contribution in [0.4, 0.5) is 0 Å². The molecule has 25 heavy (non-hydrogen) atoms. The average Bonchev–Trinajstić information content (AvgIpc) is 3.03. The van der Waals surface area contributed by atoms with E-state index in [1.54, 1.807) is 24.3 Å². The highest BCUT2D eigenvalue weighted by atomic mass is 32.1. The summed E-state index contributed by atoms with van der Waals surface area (Å²) in [5, 5.41) is 20.2. The molecule has 0 aliphatic heterocycles. The normalized spacial score (nSPS) is 10.7. The highest BCUT2D eigenvalue weighted by Crippen LogP contribution is 2.22. The predicted octanol–water partition coefficient (Wildman–Crippen LogP) is 3.03. The van der Waals surface area contributed by atoms with Crippen LogP contribution in [0.25, 0.3) is 10.2 Å². The van der Waals surface area contributed by atoms with Crippen molar-refractivity contribution in [3.05, 3.63) is 62.5 Å². The summed E-state index contributed by atoms with van der Waals surface area (Å²) in [6.45, 7) is 2.18. The van der Waals surface area contributed by atoms with Crippen molar-refractivity contribution in [2.24, 2.45) is 0 Å². The van der Waals surface area contributed by atoms with Crippen LogP contribution in [-0.4, -0.2) is 20.6 Å². The van der Waals surface area contributed by atoms with Gasteiger partial charge in [0.15, 0.2) is 0 Å². The molecule has 3 rings (SSSR count). The number of aromatic carboxylic acids is 1. The number of aryl methyl sites for hydroxylation is 1. The van der Waals surface area contributed by atoms with E-state index >= 15 is 0 Å². The van der Waals surface area contributed by atoms with Gasteiger partial charge in [-0.05, 0) is 18.1 Å². The Balaban J connectivity index is 2.24. The van der Waals surface area contributed by atoms with E-state index in [9.17, 15) is 20.0 Å². The van der Waals surface area contributed by atoms with Crippen LogP contribution >= 0.6 is 11.3 Å². The molecule has 0 aliphatic carbocycles. The molecular weight excluding hydrogens is 338 g/mol. The predicted molar refractivity (Wildman–Crippen MR) is 95.1 cm³/mol. The number of hydrogen-bond donors (Lipinski definition) is 1. The topological polar surface area (TPSA) is 96.0 Å². The van der Waals surface area contributed by atoms with Gasteiger partial charge in [-0.3, -0.25) is 9.36 Å².